The molecule has 1 N–H and O–H groups in total. The van der Waals surface area contributed by atoms with Gasteiger partial charge < -0.3 is 15.1 Å². The van der Waals surface area contributed by atoms with E-state index in [1.165, 1.54) is 4.90 Å². The van der Waals surface area contributed by atoms with Crippen molar-refractivity contribution in [3.63, 3.8) is 0 Å². The predicted octanol–water partition coefficient (Wildman–Crippen LogP) is 2.53. The summed E-state index contributed by atoms with van der Waals surface area (Å²) in [6.45, 7) is 2.52. The number of nitrogens with one attached hydrogen (secondary N) is 1. The Bertz CT molecular complexity index is 884. The fraction of sp³-hybridized carbons (Fsp3) is 0.250. The van der Waals surface area contributed by atoms with Crippen molar-refractivity contribution in [3.8, 4) is 0 Å². The number of imide groups is 1. The second kappa shape index (κ2) is 6.75. The second-order valence-electron chi connectivity index (χ2n) is 6.69. The molecule has 2 aromatic carbocycles. The maximum absolute atomic E-state index is 12.6. The van der Waals surface area contributed by atoms with Crippen molar-refractivity contribution in [2.45, 2.75) is 32.5 Å². The van der Waals surface area contributed by atoms with E-state index in [0.29, 0.717) is 18.0 Å². The molecule has 7 heteroatoms. The molecule has 2 heterocycles. The van der Waals surface area contributed by atoms with Gasteiger partial charge in [0.25, 0.3) is 5.91 Å². The van der Waals surface area contributed by atoms with Gasteiger partial charge in [-0.05, 0) is 29.2 Å². The lowest BCUT2D eigenvalue weighted by Crippen LogP contribution is -2.40. The van der Waals surface area contributed by atoms with Gasteiger partial charge >= 0.3 is 12.1 Å². The molecule has 0 radical (unpaired) electrons. The summed E-state index contributed by atoms with van der Waals surface area (Å²) in [7, 11) is 0. The topological polar surface area (TPSA) is 79.0 Å². The number of carbonyl (C=O) groups is 3. The van der Waals surface area contributed by atoms with Gasteiger partial charge in [0.1, 0.15) is 6.04 Å². The monoisotopic (exact) mass is 365 g/mol. The van der Waals surface area contributed by atoms with Crippen LogP contribution in [0, 0.1) is 6.92 Å². The summed E-state index contributed by atoms with van der Waals surface area (Å²) in [6.07, 6.45) is -0.414. The van der Waals surface area contributed by atoms with Crippen LogP contribution in [0.1, 0.15) is 22.3 Å². The minimum atomic E-state index is -0.836. The highest BCUT2D eigenvalue weighted by Crippen LogP contribution is 2.30. The summed E-state index contributed by atoms with van der Waals surface area (Å²) in [5, 5.41) is 3.15. The minimum absolute atomic E-state index is 0.250. The lowest BCUT2D eigenvalue weighted by molar-refractivity contribution is -0.149. The molecule has 2 aliphatic rings. The Morgan fingerprint density at radius 3 is 2.59 bits per heavy atom. The summed E-state index contributed by atoms with van der Waals surface area (Å²) in [4.78, 5) is 43.7. The van der Waals surface area contributed by atoms with Crippen molar-refractivity contribution in [3.05, 3.63) is 70.8 Å². The summed E-state index contributed by atoms with van der Waals surface area (Å²) < 4.78 is 0. The van der Waals surface area contributed by atoms with Gasteiger partial charge in [0.15, 0.2) is 0 Å². The number of rotatable bonds is 3. The molecule has 138 valence electrons. The lowest BCUT2D eigenvalue weighted by atomic mass is 9.95. The molecule has 1 fully saturated rings. The van der Waals surface area contributed by atoms with Crippen LogP contribution >= 0.6 is 0 Å². The fourth-order valence-corrected chi connectivity index (χ4v) is 3.47. The van der Waals surface area contributed by atoms with E-state index < -0.39 is 24.1 Å². The Morgan fingerprint density at radius 2 is 1.81 bits per heavy atom. The predicted molar refractivity (Wildman–Crippen MR) is 96.2 cm³/mol. The first kappa shape index (κ1) is 17.1. The zero-order chi connectivity index (χ0) is 19.0. The van der Waals surface area contributed by atoms with Crippen LogP contribution in [0.5, 0.6) is 0 Å². The Morgan fingerprint density at radius 1 is 1.11 bits per heavy atom. The first-order chi connectivity index (χ1) is 13.0. The molecule has 2 aromatic rings. The maximum Gasteiger partial charge on any atom is 0.432 e. The molecule has 0 aliphatic carbocycles. The van der Waals surface area contributed by atoms with Crippen molar-refractivity contribution < 1.29 is 19.2 Å². The van der Waals surface area contributed by atoms with E-state index in [-0.39, 0.29) is 6.54 Å². The zero-order valence-corrected chi connectivity index (χ0v) is 14.8. The number of benzene rings is 2. The van der Waals surface area contributed by atoms with E-state index in [1.807, 2.05) is 55.5 Å². The first-order valence-corrected chi connectivity index (χ1v) is 8.76. The zero-order valence-electron chi connectivity index (χ0n) is 14.8. The van der Waals surface area contributed by atoms with E-state index in [0.717, 1.165) is 22.3 Å². The van der Waals surface area contributed by atoms with E-state index in [9.17, 15) is 14.4 Å². The van der Waals surface area contributed by atoms with Crippen LogP contribution in [-0.4, -0.2) is 34.0 Å². The number of fused-ring (bicyclic) bond motifs is 2. The van der Waals surface area contributed by atoms with Crippen LogP contribution in [0.3, 0.4) is 0 Å². The van der Waals surface area contributed by atoms with Crippen molar-refractivity contribution in [2.75, 3.05) is 0 Å². The lowest BCUT2D eigenvalue weighted by Gasteiger charge is -2.28. The fourth-order valence-electron chi connectivity index (χ4n) is 3.47. The van der Waals surface area contributed by atoms with Crippen LogP contribution in [0.2, 0.25) is 0 Å². The largest absolute Gasteiger partial charge is 0.432 e. The van der Waals surface area contributed by atoms with Crippen LogP contribution in [-0.2, 0) is 29.1 Å². The third-order valence-corrected chi connectivity index (χ3v) is 5.01. The second-order valence-corrected chi connectivity index (χ2v) is 6.69. The number of urea groups is 1. The molecular weight excluding hydrogens is 346 g/mol. The van der Waals surface area contributed by atoms with E-state index in [4.69, 9.17) is 4.84 Å². The minimum Gasteiger partial charge on any atom is -0.316 e. The molecule has 7 nitrogen and oxygen atoms in total. The molecule has 0 bridgehead atoms. The van der Waals surface area contributed by atoms with Crippen molar-refractivity contribution in [1.29, 1.82) is 0 Å². The summed E-state index contributed by atoms with van der Waals surface area (Å²) in [5.74, 6) is -0.513. The van der Waals surface area contributed by atoms with Crippen LogP contribution in [0.4, 0.5) is 9.59 Å². The van der Waals surface area contributed by atoms with E-state index in [2.05, 4.69) is 5.32 Å². The van der Waals surface area contributed by atoms with Crippen LogP contribution < -0.4 is 5.32 Å². The van der Waals surface area contributed by atoms with Gasteiger partial charge in [0, 0.05) is 19.5 Å². The quantitative estimate of drug-likeness (QED) is 0.848. The highest BCUT2D eigenvalue weighted by atomic mass is 16.7. The third kappa shape index (κ3) is 3.12. The molecule has 1 saturated heterocycles. The molecule has 1 atom stereocenters. The Kier molecular flexibility index (Phi) is 4.27. The molecule has 4 rings (SSSR count). The molecule has 0 spiro atoms. The standard InChI is InChI=1S/C20H19N3O4/c1-13-6-2-3-8-15(13)11-21-19(25)27-23-18(24)17-10-14-7-4-5-9-16(14)12-22(17)20(23)26/h2-9,17H,10-12H2,1H3,(H,21,25). The summed E-state index contributed by atoms with van der Waals surface area (Å²) >= 11 is 0. The smallest absolute Gasteiger partial charge is 0.316 e. The molecule has 0 saturated carbocycles. The average molecular weight is 365 g/mol. The van der Waals surface area contributed by atoms with Crippen molar-refractivity contribution in [2.24, 2.45) is 0 Å². The number of amides is 4. The number of nitrogens with zero attached hydrogens (tertiary/aromatic N) is 2. The van der Waals surface area contributed by atoms with Gasteiger partial charge in [0.05, 0.1) is 0 Å². The molecule has 2 aliphatic heterocycles. The Balaban J connectivity index is 1.42. The number of hydroxylamine groups is 2. The van der Waals surface area contributed by atoms with Crippen LogP contribution in [0.25, 0.3) is 0 Å². The van der Waals surface area contributed by atoms with Gasteiger partial charge in [-0.15, -0.1) is 0 Å². The van der Waals surface area contributed by atoms with Crippen molar-refractivity contribution >= 4 is 18.0 Å². The van der Waals surface area contributed by atoms with Gasteiger partial charge in [-0.3, -0.25) is 4.79 Å². The number of carbonyl (C=O) groups excluding carboxylic acids is 3. The molecule has 0 aromatic heterocycles. The van der Waals surface area contributed by atoms with Gasteiger partial charge in [-0.1, -0.05) is 53.6 Å². The van der Waals surface area contributed by atoms with Gasteiger partial charge in [-0.25, -0.2) is 9.59 Å². The number of hydrogen-bond acceptors (Lipinski definition) is 4. The maximum atomic E-state index is 12.6. The van der Waals surface area contributed by atoms with Gasteiger partial charge in [0.2, 0.25) is 0 Å². The average Bonchev–Trinajstić information content (AvgIpc) is 2.90. The summed E-state index contributed by atoms with van der Waals surface area (Å²) in [6, 6.07) is 14.1. The SMILES string of the molecule is Cc1ccccc1CNC(=O)ON1C(=O)C2Cc3ccccc3CN2C1=O. The highest BCUT2D eigenvalue weighted by Gasteiger charge is 2.49. The highest BCUT2D eigenvalue weighted by molar-refractivity contribution is 6.04. The normalized spacial score (nSPS) is 18.2. The Hall–Kier alpha value is -3.35. The van der Waals surface area contributed by atoms with E-state index in [1.54, 1.807) is 0 Å². The number of aryl methyl sites for hydroxylation is 1. The molecule has 27 heavy (non-hydrogen) atoms. The first-order valence-electron chi connectivity index (χ1n) is 8.76. The molecular formula is C20H19N3O4. The van der Waals surface area contributed by atoms with Gasteiger partial charge in [-0.2, -0.15) is 0 Å². The number of hydrogen-bond donors (Lipinski definition) is 1. The third-order valence-electron chi connectivity index (χ3n) is 5.01. The van der Waals surface area contributed by atoms with E-state index >= 15 is 0 Å². The molecule has 4 amide bonds. The Labute approximate surface area is 156 Å². The summed E-state index contributed by atoms with van der Waals surface area (Å²) in [5.41, 5.74) is 3.99. The van der Waals surface area contributed by atoms with Crippen LogP contribution in [0.15, 0.2) is 48.5 Å². The molecule has 1 unspecified atom stereocenters. The van der Waals surface area contributed by atoms with Crippen molar-refractivity contribution in [1.82, 2.24) is 15.3 Å².